The monoisotopic (exact) mass is 356 g/mol. The van der Waals surface area contributed by atoms with Crippen molar-refractivity contribution in [2.45, 2.75) is 25.7 Å². The molecule has 2 amide bonds. The molecule has 23 heavy (non-hydrogen) atoms. The molecule has 126 valence electrons. The van der Waals surface area contributed by atoms with Gasteiger partial charge < -0.3 is 15.7 Å². The molecule has 0 aromatic heterocycles. The first-order chi connectivity index (χ1) is 11.0. The smallest absolute Gasteiger partial charge is 0.335 e. The van der Waals surface area contributed by atoms with Gasteiger partial charge in [0.2, 0.25) is 11.8 Å². The van der Waals surface area contributed by atoms with Crippen LogP contribution in [0.15, 0.2) is 18.2 Å². The zero-order valence-corrected chi connectivity index (χ0v) is 14.3. The molecule has 1 rings (SSSR count). The van der Waals surface area contributed by atoms with Crippen LogP contribution in [-0.2, 0) is 9.59 Å². The Morgan fingerprint density at radius 1 is 0.870 bits per heavy atom. The van der Waals surface area contributed by atoms with Gasteiger partial charge in [0.05, 0.1) is 5.56 Å². The summed E-state index contributed by atoms with van der Waals surface area (Å²) < 4.78 is 0. The predicted octanol–water partition coefficient (Wildman–Crippen LogP) is 2.68. The first kappa shape index (κ1) is 19.4. The molecule has 1 aromatic rings. The van der Waals surface area contributed by atoms with Crippen LogP contribution in [-0.4, -0.2) is 34.4 Å². The molecule has 3 N–H and O–H groups in total. The van der Waals surface area contributed by atoms with Gasteiger partial charge >= 0.3 is 5.97 Å². The molecule has 8 heteroatoms. The minimum absolute atomic E-state index is 0.0125. The summed E-state index contributed by atoms with van der Waals surface area (Å²) in [5.74, 6) is -0.408. The maximum atomic E-state index is 11.7. The minimum Gasteiger partial charge on any atom is -0.478 e. The number of amides is 2. The molecule has 0 aliphatic carbocycles. The molecule has 0 atom stereocenters. The molecule has 0 aliphatic heterocycles. The molecule has 0 fully saturated rings. The summed E-state index contributed by atoms with van der Waals surface area (Å²) in [4.78, 5) is 34.7. The van der Waals surface area contributed by atoms with E-state index in [0.717, 1.165) is 0 Å². The summed E-state index contributed by atoms with van der Waals surface area (Å²) >= 11 is 8.07. The van der Waals surface area contributed by atoms with Gasteiger partial charge in [-0.3, -0.25) is 9.59 Å². The quantitative estimate of drug-likeness (QED) is 0.440. The van der Waals surface area contributed by atoms with E-state index < -0.39 is 5.97 Å². The summed E-state index contributed by atoms with van der Waals surface area (Å²) in [5.41, 5.74) is 0.651. The Kier molecular flexibility index (Phi) is 8.57. The Balaban J connectivity index is 2.87. The number of hydrogen-bond donors (Lipinski definition) is 5. The number of carbonyl (C=O) groups excluding carboxylic acids is 2. The number of aromatic carboxylic acids is 1. The van der Waals surface area contributed by atoms with Crippen LogP contribution in [0.1, 0.15) is 36.0 Å². The van der Waals surface area contributed by atoms with E-state index in [4.69, 9.17) is 5.11 Å². The highest BCUT2D eigenvalue weighted by Gasteiger charge is 2.11. The first-order valence-corrected chi connectivity index (χ1v) is 8.42. The minimum atomic E-state index is -1.14. The van der Waals surface area contributed by atoms with Crippen LogP contribution >= 0.6 is 25.3 Å². The third kappa shape index (κ3) is 7.43. The fourth-order valence-corrected chi connectivity index (χ4v) is 2.14. The second-order valence-corrected chi connectivity index (χ2v) is 5.75. The number of thiol groups is 2. The Bertz CT molecular complexity index is 538. The molecule has 0 aliphatic rings. The van der Waals surface area contributed by atoms with E-state index >= 15 is 0 Å². The Labute approximate surface area is 145 Å². The number of carboxylic acid groups (broad SMARTS) is 1. The molecule has 0 spiro atoms. The van der Waals surface area contributed by atoms with Crippen LogP contribution in [0.5, 0.6) is 0 Å². The van der Waals surface area contributed by atoms with Gasteiger partial charge in [0, 0.05) is 24.2 Å². The molecular formula is C15H20N2O4S2. The van der Waals surface area contributed by atoms with E-state index in [1.807, 2.05) is 0 Å². The zero-order chi connectivity index (χ0) is 17.2. The van der Waals surface area contributed by atoms with Gasteiger partial charge in [0.1, 0.15) is 0 Å². The number of rotatable bonds is 9. The largest absolute Gasteiger partial charge is 0.478 e. The SMILES string of the molecule is O=C(CCCS)Nc1cc(NC(=O)CCCS)cc(C(=O)O)c1. The average molecular weight is 356 g/mol. The Hall–Kier alpha value is -1.67. The van der Waals surface area contributed by atoms with Crippen molar-refractivity contribution in [1.82, 2.24) is 0 Å². The van der Waals surface area contributed by atoms with Crippen molar-refractivity contribution in [3.63, 3.8) is 0 Å². The maximum Gasteiger partial charge on any atom is 0.335 e. The van der Waals surface area contributed by atoms with E-state index in [1.54, 1.807) is 0 Å². The standard InChI is InChI=1S/C15H20N2O4S2/c18-13(3-1-5-22)16-11-7-10(15(20)21)8-12(9-11)17-14(19)4-2-6-23/h7-9,22-23H,1-6H2,(H,16,18)(H,17,19)(H,20,21). The third-order valence-electron chi connectivity index (χ3n) is 2.87. The van der Waals surface area contributed by atoms with E-state index in [-0.39, 0.29) is 17.4 Å². The van der Waals surface area contributed by atoms with Crippen molar-refractivity contribution in [2.24, 2.45) is 0 Å². The Morgan fingerprint density at radius 3 is 1.65 bits per heavy atom. The van der Waals surface area contributed by atoms with Crippen molar-refractivity contribution in [3.05, 3.63) is 23.8 Å². The van der Waals surface area contributed by atoms with Crippen LogP contribution in [0.2, 0.25) is 0 Å². The lowest BCUT2D eigenvalue weighted by Gasteiger charge is -2.10. The van der Waals surface area contributed by atoms with Crippen LogP contribution in [0, 0.1) is 0 Å². The first-order valence-electron chi connectivity index (χ1n) is 7.16. The molecule has 0 radical (unpaired) electrons. The lowest BCUT2D eigenvalue weighted by molar-refractivity contribution is -0.117. The number of nitrogens with one attached hydrogen (secondary N) is 2. The maximum absolute atomic E-state index is 11.7. The summed E-state index contributed by atoms with van der Waals surface area (Å²) in [6, 6.07) is 4.23. The molecule has 0 saturated heterocycles. The molecule has 0 bridgehead atoms. The lowest BCUT2D eigenvalue weighted by Crippen LogP contribution is -2.15. The summed E-state index contributed by atoms with van der Waals surface area (Å²) in [6.07, 6.45) is 1.84. The van der Waals surface area contributed by atoms with Gasteiger partial charge in [-0.1, -0.05) is 0 Å². The number of carbonyl (C=O) groups is 3. The van der Waals surface area contributed by atoms with Crippen molar-refractivity contribution < 1.29 is 19.5 Å². The van der Waals surface area contributed by atoms with Crippen molar-refractivity contribution >= 4 is 54.4 Å². The van der Waals surface area contributed by atoms with Gasteiger partial charge in [0.25, 0.3) is 0 Å². The van der Waals surface area contributed by atoms with Crippen molar-refractivity contribution in [1.29, 1.82) is 0 Å². The number of carboxylic acids is 1. The summed E-state index contributed by atoms with van der Waals surface area (Å²) in [7, 11) is 0. The Morgan fingerprint density at radius 2 is 1.30 bits per heavy atom. The fourth-order valence-electron chi connectivity index (χ4n) is 1.82. The fraction of sp³-hybridized carbons (Fsp3) is 0.400. The second-order valence-electron chi connectivity index (χ2n) is 4.85. The van der Waals surface area contributed by atoms with Crippen LogP contribution in [0.3, 0.4) is 0 Å². The molecular weight excluding hydrogens is 336 g/mol. The summed E-state index contributed by atoms with van der Waals surface area (Å²) in [6.45, 7) is 0. The van der Waals surface area contributed by atoms with Gasteiger partial charge in [-0.05, 0) is 42.5 Å². The summed E-state index contributed by atoms with van der Waals surface area (Å²) in [5, 5.41) is 14.4. The van der Waals surface area contributed by atoms with E-state index in [0.29, 0.717) is 48.6 Å². The van der Waals surface area contributed by atoms with Crippen molar-refractivity contribution in [2.75, 3.05) is 22.1 Å². The molecule has 0 saturated carbocycles. The van der Waals surface area contributed by atoms with Crippen LogP contribution in [0.4, 0.5) is 11.4 Å². The van der Waals surface area contributed by atoms with Gasteiger partial charge in [-0.25, -0.2) is 4.79 Å². The second kappa shape index (κ2) is 10.2. The number of anilines is 2. The van der Waals surface area contributed by atoms with E-state index in [9.17, 15) is 14.4 Å². The highest BCUT2D eigenvalue weighted by Crippen LogP contribution is 2.20. The van der Waals surface area contributed by atoms with E-state index in [1.165, 1.54) is 18.2 Å². The normalized spacial score (nSPS) is 10.2. The lowest BCUT2D eigenvalue weighted by atomic mass is 10.1. The number of benzene rings is 1. The van der Waals surface area contributed by atoms with E-state index in [2.05, 4.69) is 35.9 Å². The van der Waals surface area contributed by atoms with Gasteiger partial charge in [0.15, 0.2) is 0 Å². The van der Waals surface area contributed by atoms with Crippen LogP contribution in [0.25, 0.3) is 0 Å². The third-order valence-corrected chi connectivity index (χ3v) is 3.50. The topological polar surface area (TPSA) is 95.5 Å². The number of hydrogen-bond acceptors (Lipinski definition) is 5. The molecule has 0 unspecified atom stereocenters. The van der Waals surface area contributed by atoms with Gasteiger partial charge in [-0.2, -0.15) is 25.3 Å². The van der Waals surface area contributed by atoms with Gasteiger partial charge in [-0.15, -0.1) is 0 Å². The average Bonchev–Trinajstić information content (AvgIpc) is 2.50. The highest BCUT2D eigenvalue weighted by atomic mass is 32.1. The van der Waals surface area contributed by atoms with Crippen LogP contribution < -0.4 is 10.6 Å². The molecule has 0 heterocycles. The molecule has 1 aromatic carbocycles. The van der Waals surface area contributed by atoms with Crippen molar-refractivity contribution in [3.8, 4) is 0 Å². The predicted molar refractivity (Wildman–Crippen MR) is 96.8 cm³/mol. The molecule has 6 nitrogen and oxygen atoms in total. The zero-order valence-electron chi connectivity index (χ0n) is 12.5. The highest BCUT2D eigenvalue weighted by molar-refractivity contribution is 7.80.